The molecule has 0 aromatic carbocycles. The smallest absolute Gasteiger partial charge is 0.326 e. The van der Waals surface area contributed by atoms with Gasteiger partial charge >= 0.3 is 5.97 Å². The van der Waals surface area contributed by atoms with Crippen molar-refractivity contribution in [1.82, 2.24) is 4.90 Å². The molecule has 0 saturated heterocycles. The number of amides is 1. The summed E-state index contributed by atoms with van der Waals surface area (Å²) in [6, 6.07) is 0.332. The Bertz CT molecular complexity index is 645. The summed E-state index contributed by atoms with van der Waals surface area (Å²) in [5.74, 6) is -1.49. The van der Waals surface area contributed by atoms with Crippen LogP contribution in [0.15, 0.2) is 15.7 Å². The molecule has 1 amide bonds. The zero-order valence-electron chi connectivity index (χ0n) is 11.1. The van der Waals surface area contributed by atoms with Crippen LogP contribution in [0.25, 0.3) is 0 Å². The molecule has 110 valence electrons. The highest BCUT2D eigenvalue weighted by Crippen LogP contribution is 2.31. The number of carboxylic acid groups (broad SMARTS) is 1. The maximum atomic E-state index is 12.4. The molecule has 6 nitrogen and oxygen atoms in total. The molecule has 2 rings (SSSR count). The lowest BCUT2D eigenvalue weighted by molar-refractivity contribution is -0.141. The van der Waals surface area contributed by atoms with Gasteiger partial charge in [-0.05, 0) is 25.8 Å². The van der Waals surface area contributed by atoms with Gasteiger partial charge in [-0.25, -0.2) is 13.2 Å². The minimum atomic E-state index is -3.35. The molecule has 1 N–H and O–H groups in total. The number of carbonyl (C=O) groups excluding carboxylic acids is 1. The number of carboxylic acids is 1. The average molecular weight is 317 g/mol. The predicted octanol–water partition coefficient (Wildman–Crippen LogP) is 1.23. The highest BCUT2D eigenvalue weighted by molar-refractivity contribution is 7.92. The molecule has 1 aromatic heterocycles. The van der Waals surface area contributed by atoms with Gasteiger partial charge in [-0.15, -0.1) is 11.3 Å². The van der Waals surface area contributed by atoms with Gasteiger partial charge in [0.1, 0.15) is 10.3 Å². The lowest BCUT2D eigenvalue weighted by Gasteiger charge is -2.26. The third kappa shape index (κ3) is 3.01. The average Bonchev–Trinajstić information content (AvgIpc) is 3.03. The fourth-order valence-corrected chi connectivity index (χ4v) is 3.69. The number of hydrogen-bond acceptors (Lipinski definition) is 5. The summed E-state index contributed by atoms with van der Waals surface area (Å²) in [5, 5.41) is 10.5. The van der Waals surface area contributed by atoms with Gasteiger partial charge in [0.25, 0.3) is 5.91 Å². The SMILES string of the molecule is CC(C(=O)O)N(C(=O)c1csc(S(C)(=O)=O)c1)C1CC1. The van der Waals surface area contributed by atoms with Crippen molar-refractivity contribution in [2.45, 2.75) is 36.1 Å². The second kappa shape index (κ2) is 5.17. The third-order valence-corrected chi connectivity index (χ3v) is 5.90. The van der Waals surface area contributed by atoms with E-state index in [1.165, 1.54) is 23.3 Å². The van der Waals surface area contributed by atoms with Crippen molar-refractivity contribution in [2.24, 2.45) is 0 Å². The zero-order valence-corrected chi connectivity index (χ0v) is 12.7. The van der Waals surface area contributed by atoms with Crippen LogP contribution < -0.4 is 0 Å². The van der Waals surface area contributed by atoms with Crippen LogP contribution >= 0.6 is 11.3 Å². The first kappa shape index (κ1) is 15.0. The fourth-order valence-electron chi connectivity index (χ4n) is 1.90. The number of sulfone groups is 1. The molecule has 20 heavy (non-hydrogen) atoms. The Morgan fingerprint density at radius 3 is 2.45 bits per heavy atom. The maximum absolute atomic E-state index is 12.4. The molecule has 0 radical (unpaired) electrons. The van der Waals surface area contributed by atoms with Crippen LogP contribution in [0, 0.1) is 0 Å². The molecule has 1 heterocycles. The van der Waals surface area contributed by atoms with Gasteiger partial charge in [-0.2, -0.15) is 0 Å². The van der Waals surface area contributed by atoms with Crippen molar-refractivity contribution in [2.75, 3.05) is 6.26 Å². The molecule has 1 fully saturated rings. The van der Waals surface area contributed by atoms with E-state index in [9.17, 15) is 18.0 Å². The second-order valence-corrected chi connectivity index (χ2v) is 8.04. The highest BCUT2D eigenvalue weighted by atomic mass is 32.2. The number of thiophene rings is 1. The Morgan fingerprint density at radius 2 is 2.05 bits per heavy atom. The van der Waals surface area contributed by atoms with Crippen LogP contribution in [0.3, 0.4) is 0 Å². The molecule has 1 unspecified atom stereocenters. The summed E-state index contributed by atoms with van der Waals surface area (Å²) in [5.41, 5.74) is 0.232. The van der Waals surface area contributed by atoms with Crippen molar-refractivity contribution in [3.63, 3.8) is 0 Å². The van der Waals surface area contributed by atoms with E-state index in [0.29, 0.717) is 0 Å². The Kier molecular flexibility index (Phi) is 3.88. The number of carbonyl (C=O) groups is 2. The molecule has 0 spiro atoms. The van der Waals surface area contributed by atoms with Gasteiger partial charge in [-0.3, -0.25) is 4.79 Å². The molecule has 1 saturated carbocycles. The van der Waals surface area contributed by atoms with Gasteiger partial charge in [0, 0.05) is 17.7 Å². The van der Waals surface area contributed by atoms with E-state index in [1.54, 1.807) is 0 Å². The molecular weight excluding hydrogens is 302 g/mol. The Balaban J connectivity index is 2.28. The minimum Gasteiger partial charge on any atom is -0.480 e. The Labute approximate surface area is 120 Å². The van der Waals surface area contributed by atoms with Crippen molar-refractivity contribution < 1.29 is 23.1 Å². The molecular formula is C12H15NO5S2. The number of hydrogen-bond donors (Lipinski definition) is 1. The first-order valence-electron chi connectivity index (χ1n) is 6.06. The monoisotopic (exact) mass is 317 g/mol. The van der Waals surface area contributed by atoms with E-state index in [-0.39, 0.29) is 15.8 Å². The molecule has 0 bridgehead atoms. The second-order valence-electron chi connectivity index (χ2n) is 4.88. The van der Waals surface area contributed by atoms with Crippen LogP contribution in [0.4, 0.5) is 0 Å². The van der Waals surface area contributed by atoms with Gasteiger partial charge in [-0.1, -0.05) is 0 Å². The quantitative estimate of drug-likeness (QED) is 0.882. The van der Waals surface area contributed by atoms with Gasteiger partial charge in [0.15, 0.2) is 9.84 Å². The summed E-state index contributed by atoms with van der Waals surface area (Å²) >= 11 is 0.972. The number of rotatable bonds is 5. The van der Waals surface area contributed by atoms with Crippen LogP contribution in [0.5, 0.6) is 0 Å². The largest absolute Gasteiger partial charge is 0.480 e. The van der Waals surface area contributed by atoms with Gasteiger partial charge < -0.3 is 10.0 Å². The fraction of sp³-hybridized carbons (Fsp3) is 0.500. The molecule has 1 aliphatic rings. The molecule has 8 heteroatoms. The minimum absolute atomic E-state index is 0.0600. The Hall–Kier alpha value is -1.41. The summed E-state index contributed by atoms with van der Waals surface area (Å²) in [7, 11) is -3.35. The predicted molar refractivity (Wildman–Crippen MR) is 73.7 cm³/mol. The van der Waals surface area contributed by atoms with Gasteiger partial charge in [0.05, 0.1) is 5.56 Å². The zero-order chi connectivity index (χ0) is 15.1. The van der Waals surface area contributed by atoms with Crippen LogP contribution in [-0.2, 0) is 14.6 Å². The van der Waals surface area contributed by atoms with Crippen molar-refractivity contribution in [3.05, 3.63) is 17.0 Å². The van der Waals surface area contributed by atoms with Gasteiger partial charge in [0.2, 0.25) is 0 Å². The maximum Gasteiger partial charge on any atom is 0.326 e. The first-order chi connectivity index (χ1) is 9.21. The molecule has 1 aliphatic carbocycles. The third-order valence-electron chi connectivity index (χ3n) is 3.14. The topological polar surface area (TPSA) is 91.8 Å². The molecule has 1 aromatic rings. The first-order valence-corrected chi connectivity index (χ1v) is 8.83. The normalized spacial score (nSPS) is 16.7. The summed E-state index contributed by atoms with van der Waals surface area (Å²) in [4.78, 5) is 24.8. The summed E-state index contributed by atoms with van der Waals surface area (Å²) < 4.78 is 22.9. The van der Waals surface area contributed by atoms with E-state index >= 15 is 0 Å². The van der Waals surface area contributed by atoms with Crippen molar-refractivity contribution in [1.29, 1.82) is 0 Å². The number of nitrogens with zero attached hydrogens (tertiary/aromatic N) is 1. The lowest BCUT2D eigenvalue weighted by Crippen LogP contribution is -2.44. The van der Waals surface area contributed by atoms with E-state index in [0.717, 1.165) is 30.4 Å². The van der Waals surface area contributed by atoms with Crippen LogP contribution in [0.2, 0.25) is 0 Å². The lowest BCUT2D eigenvalue weighted by atomic mass is 10.2. The van der Waals surface area contributed by atoms with Crippen molar-refractivity contribution >= 4 is 33.1 Å². The molecule has 1 atom stereocenters. The van der Waals surface area contributed by atoms with Crippen LogP contribution in [0.1, 0.15) is 30.1 Å². The van der Waals surface area contributed by atoms with Crippen molar-refractivity contribution in [3.8, 4) is 0 Å². The van der Waals surface area contributed by atoms with E-state index in [1.807, 2.05) is 0 Å². The van der Waals surface area contributed by atoms with E-state index in [2.05, 4.69) is 0 Å². The summed E-state index contributed by atoms with van der Waals surface area (Å²) in [6.45, 7) is 1.46. The Morgan fingerprint density at radius 1 is 1.45 bits per heavy atom. The van der Waals surface area contributed by atoms with E-state index in [4.69, 9.17) is 5.11 Å². The number of aliphatic carboxylic acids is 1. The van der Waals surface area contributed by atoms with Crippen LogP contribution in [-0.4, -0.2) is 48.6 Å². The standard InChI is InChI=1S/C12H15NO5S2/c1-7(12(15)16)13(9-3-4-9)11(14)8-5-10(19-6-8)20(2,17)18/h5-7,9H,3-4H2,1-2H3,(H,15,16). The molecule has 0 aliphatic heterocycles. The summed E-state index contributed by atoms with van der Waals surface area (Å²) in [6.07, 6.45) is 2.64. The van der Waals surface area contributed by atoms with E-state index < -0.39 is 27.8 Å². The highest BCUT2D eigenvalue weighted by Gasteiger charge is 2.39.